The number of likely N-dealkylation sites (tertiary alicyclic amines) is 1. The Morgan fingerprint density at radius 3 is 2.56 bits per heavy atom. The predicted octanol–water partition coefficient (Wildman–Crippen LogP) is 2.98. The van der Waals surface area contributed by atoms with Crippen molar-refractivity contribution in [2.24, 2.45) is 5.92 Å². The molecule has 1 amide bonds. The summed E-state index contributed by atoms with van der Waals surface area (Å²) in [4.78, 5) is 16.6. The number of alkyl halides is 3. The average Bonchev–Trinajstić information content (AvgIpc) is 3.11. The Labute approximate surface area is 155 Å². The molecule has 1 atom stereocenters. The number of hydrogen-bond donors (Lipinski definition) is 0. The third-order valence-electron chi connectivity index (χ3n) is 5.43. The average molecular weight is 381 g/mol. The topological polar surface area (TPSA) is 53.7 Å². The molecule has 2 fully saturated rings. The normalized spacial score (nSPS) is 21.7. The van der Waals surface area contributed by atoms with Crippen LogP contribution in [0.4, 0.5) is 19.1 Å². The first kappa shape index (κ1) is 18.1. The van der Waals surface area contributed by atoms with Crippen LogP contribution >= 0.6 is 0 Å². The van der Waals surface area contributed by atoms with Crippen LogP contribution in [0.15, 0.2) is 18.3 Å². The van der Waals surface area contributed by atoms with Crippen molar-refractivity contribution in [3.63, 3.8) is 0 Å². The zero-order valence-corrected chi connectivity index (χ0v) is 15.0. The SMILES string of the molecule is O=C([C@@H]1CCCN(c2nnc3ccc(C(F)(F)F)cn23)C1)N1CCCCC1. The van der Waals surface area contributed by atoms with Crippen LogP contribution in [-0.2, 0) is 11.0 Å². The Morgan fingerprint density at radius 2 is 1.81 bits per heavy atom. The lowest BCUT2D eigenvalue weighted by Gasteiger charge is -2.36. The van der Waals surface area contributed by atoms with E-state index in [1.807, 2.05) is 9.80 Å². The predicted molar refractivity (Wildman–Crippen MR) is 93.4 cm³/mol. The van der Waals surface area contributed by atoms with Crippen molar-refractivity contribution < 1.29 is 18.0 Å². The highest BCUT2D eigenvalue weighted by Crippen LogP contribution is 2.31. The lowest BCUT2D eigenvalue weighted by Crippen LogP contribution is -2.46. The van der Waals surface area contributed by atoms with E-state index < -0.39 is 11.7 Å². The first-order valence-electron chi connectivity index (χ1n) is 9.39. The molecule has 0 aromatic carbocycles. The van der Waals surface area contributed by atoms with Crippen LogP contribution in [0, 0.1) is 5.92 Å². The number of anilines is 1. The molecule has 2 aromatic heterocycles. The minimum Gasteiger partial charge on any atom is -0.342 e. The van der Waals surface area contributed by atoms with E-state index in [4.69, 9.17) is 0 Å². The molecule has 0 saturated carbocycles. The summed E-state index contributed by atoms with van der Waals surface area (Å²) >= 11 is 0. The summed E-state index contributed by atoms with van der Waals surface area (Å²) in [7, 11) is 0. The van der Waals surface area contributed by atoms with E-state index in [1.54, 1.807) is 0 Å². The van der Waals surface area contributed by atoms with Gasteiger partial charge in [0.15, 0.2) is 5.65 Å². The van der Waals surface area contributed by atoms with E-state index in [2.05, 4.69) is 10.2 Å². The number of halogens is 3. The second-order valence-electron chi connectivity index (χ2n) is 7.31. The lowest BCUT2D eigenvalue weighted by atomic mass is 9.95. The fourth-order valence-electron chi connectivity index (χ4n) is 3.99. The second-order valence-corrected chi connectivity index (χ2v) is 7.31. The van der Waals surface area contributed by atoms with Gasteiger partial charge in [-0.1, -0.05) is 0 Å². The maximum absolute atomic E-state index is 13.1. The van der Waals surface area contributed by atoms with Gasteiger partial charge in [0.1, 0.15) is 0 Å². The van der Waals surface area contributed by atoms with Crippen LogP contribution in [0.25, 0.3) is 5.65 Å². The van der Waals surface area contributed by atoms with Crippen molar-refractivity contribution in [1.29, 1.82) is 0 Å². The molecule has 146 valence electrons. The van der Waals surface area contributed by atoms with Crippen LogP contribution in [0.5, 0.6) is 0 Å². The fraction of sp³-hybridized carbons (Fsp3) is 0.611. The summed E-state index contributed by atoms with van der Waals surface area (Å²) in [6.07, 6.45) is 1.45. The van der Waals surface area contributed by atoms with Gasteiger partial charge < -0.3 is 9.80 Å². The maximum atomic E-state index is 13.1. The molecule has 4 heterocycles. The summed E-state index contributed by atoms with van der Waals surface area (Å²) in [5.74, 6) is 0.381. The number of amides is 1. The van der Waals surface area contributed by atoms with E-state index in [9.17, 15) is 18.0 Å². The van der Waals surface area contributed by atoms with Gasteiger partial charge in [-0.3, -0.25) is 9.20 Å². The van der Waals surface area contributed by atoms with E-state index >= 15 is 0 Å². The van der Waals surface area contributed by atoms with Crippen molar-refractivity contribution >= 4 is 17.5 Å². The largest absolute Gasteiger partial charge is 0.417 e. The molecule has 27 heavy (non-hydrogen) atoms. The number of carbonyl (C=O) groups is 1. The highest BCUT2D eigenvalue weighted by Gasteiger charge is 2.33. The van der Waals surface area contributed by atoms with E-state index in [0.717, 1.165) is 57.5 Å². The highest BCUT2D eigenvalue weighted by atomic mass is 19.4. The quantitative estimate of drug-likeness (QED) is 0.803. The minimum atomic E-state index is -4.43. The zero-order valence-electron chi connectivity index (χ0n) is 15.0. The van der Waals surface area contributed by atoms with Crippen molar-refractivity contribution in [1.82, 2.24) is 19.5 Å². The molecule has 2 saturated heterocycles. The molecule has 2 aliphatic rings. The second kappa shape index (κ2) is 7.01. The molecule has 2 aromatic rings. The minimum absolute atomic E-state index is 0.144. The van der Waals surface area contributed by atoms with Gasteiger partial charge in [0.05, 0.1) is 11.5 Å². The Morgan fingerprint density at radius 1 is 1.04 bits per heavy atom. The van der Waals surface area contributed by atoms with Gasteiger partial charge in [-0.05, 0) is 44.2 Å². The molecule has 0 unspecified atom stereocenters. The number of nitrogens with zero attached hydrogens (tertiary/aromatic N) is 5. The fourth-order valence-corrected chi connectivity index (χ4v) is 3.99. The Hall–Kier alpha value is -2.32. The third kappa shape index (κ3) is 3.59. The van der Waals surface area contributed by atoms with E-state index in [1.165, 1.54) is 10.5 Å². The van der Waals surface area contributed by atoms with Crippen molar-refractivity contribution in [2.75, 3.05) is 31.1 Å². The molecule has 0 N–H and O–H groups in total. The lowest BCUT2D eigenvalue weighted by molar-refractivity contribution is -0.138. The molecular weight excluding hydrogens is 359 g/mol. The summed E-state index contributed by atoms with van der Waals surface area (Å²) in [6.45, 7) is 2.73. The van der Waals surface area contributed by atoms with Crippen LogP contribution in [0.2, 0.25) is 0 Å². The van der Waals surface area contributed by atoms with Crippen LogP contribution in [-0.4, -0.2) is 51.6 Å². The molecule has 0 bridgehead atoms. The summed E-state index contributed by atoms with van der Waals surface area (Å²) in [5.41, 5.74) is -0.378. The highest BCUT2D eigenvalue weighted by molar-refractivity contribution is 5.79. The van der Waals surface area contributed by atoms with Gasteiger partial charge in [-0.25, -0.2) is 0 Å². The number of pyridine rings is 1. The molecule has 0 aliphatic carbocycles. The molecule has 2 aliphatic heterocycles. The first-order valence-corrected chi connectivity index (χ1v) is 9.39. The van der Waals surface area contributed by atoms with E-state index in [0.29, 0.717) is 24.7 Å². The summed E-state index contributed by atoms with van der Waals surface area (Å²) in [5, 5.41) is 8.08. The number of carbonyl (C=O) groups excluding carboxylic acids is 1. The Kier molecular flexibility index (Phi) is 4.69. The van der Waals surface area contributed by atoms with Gasteiger partial charge in [0.25, 0.3) is 0 Å². The smallest absolute Gasteiger partial charge is 0.342 e. The maximum Gasteiger partial charge on any atom is 0.417 e. The van der Waals surface area contributed by atoms with Gasteiger partial charge in [-0.2, -0.15) is 13.2 Å². The molecule has 4 rings (SSSR count). The number of hydrogen-bond acceptors (Lipinski definition) is 4. The van der Waals surface area contributed by atoms with Crippen molar-refractivity contribution in [3.05, 3.63) is 23.9 Å². The van der Waals surface area contributed by atoms with Gasteiger partial charge in [-0.15, -0.1) is 10.2 Å². The number of rotatable bonds is 2. The molecule has 0 spiro atoms. The van der Waals surface area contributed by atoms with Crippen LogP contribution < -0.4 is 4.90 Å². The zero-order chi connectivity index (χ0) is 19.0. The van der Waals surface area contributed by atoms with Gasteiger partial charge in [0.2, 0.25) is 11.9 Å². The Balaban J connectivity index is 1.56. The monoisotopic (exact) mass is 381 g/mol. The third-order valence-corrected chi connectivity index (χ3v) is 5.43. The van der Waals surface area contributed by atoms with Gasteiger partial charge in [0, 0.05) is 32.4 Å². The summed E-state index contributed by atoms with van der Waals surface area (Å²) < 4.78 is 40.5. The number of aromatic nitrogens is 3. The van der Waals surface area contributed by atoms with E-state index in [-0.39, 0.29) is 11.8 Å². The van der Waals surface area contributed by atoms with Gasteiger partial charge >= 0.3 is 6.18 Å². The number of fused-ring (bicyclic) bond motifs is 1. The standard InChI is InChI=1S/C18H22F3N5O/c19-18(20,21)14-6-7-15-22-23-17(26(15)12-14)25-10-4-5-13(11-25)16(27)24-8-2-1-3-9-24/h6-7,12-13H,1-5,8-11H2/t13-/m1/s1. The molecule has 6 nitrogen and oxygen atoms in total. The first-order chi connectivity index (χ1) is 12.9. The Bertz CT molecular complexity index is 828. The van der Waals surface area contributed by atoms with Crippen molar-refractivity contribution in [3.8, 4) is 0 Å². The van der Waals surface area contributed by atoms with Crippen LogP contribution in [0.3, 0.4) is 0 Å². The molecule has 9 heteroatoms. The number of piperidine rings is 2. The molecule has 0 radical (unpaired) electrons. The molecular formula is C18H22F3N5O. The van der Waals surface area contributed by atoms with Crippen LogP contribution in [0.1, 0.15) is 37.7 Å². The van der Waals surface area contributed by atoms with Crippen molar-refractivity contribution in [2.45, 2.75) is 38.3 Å². The summed E-state index contributed by atoms with van der Waals surface area (Å²) in [6, 6.07) is 2.33.